The number of halogens is 3. The van der Waals surface area contributed by atoms with E-state index in [-0.39, 0.29) is 5.56 Å². The predicted molar refractivity (Wildman–Crippen MR) is 48.8 cm³/mol. The summed E-state index contributed by atoms with van der Waals surface area (Å²) in [5.41, 5.74) is 5.06. The summed E-state index contributed by atoms with van der Waals surface area (Å²) < 4.78 is 36.4. The third-order valence-electron chi connectivity index (χ3n) is 2.06. The minimum absolute atomic E-state index is 0.125. The van der Waals surface area contributed by atoms with Crippen molar-refractivity contribution in [2.24, 2.45) is 5.73 Å². The number of phenols is 2. The third-order valence-corrected chi connectivity index (χ3v) is 2.06. The van der Waals surface area contributed by atoms with Crippen molar-refractivity contribution in [1.29, 1.82) is 0 Å². The van der Waals surface area contributed by atoms with Gasteiger partial charge >= 0.3 is 6.18 Å². The number of hydrogen-bond donors (Lipinski definition) is 4. The van der Waals surface area contributed by atoms with Gasteiger partial charge in [-0.05, 0) is 17.7 Å². The molecular formula is C9H10F3NO3. The molecule has 0 heterocycles. The van der Waals surface area contributed by atoms with Crippen LogP contribution < -0.4 is 5.73 Å². The van der Waals surface area contributed by atoms with Gasteiger partial charge in [-0.1, -0.05) is 6.07 Å². The molecule has 0 aliphatic carbocycles. The zero-order valence-corrected chi connectivity index (χ0v) is 7.94. The molecule has 0 saturated heterocycles. The Balaban J connectivity index is 2.97. The van der Waals surface area contributed by atoms with Crippen LogP contribution in [0, 0.1) is 0 Å². The molecule has 0 saturated carbocycles. The Morgan fingerprint density at radius 3 is 2.12 bits per heavy atom. The highest BCUT2D eigenvalue weighted by Crippen LogP contribution is 2.32. The van der Waals surface area contributed by atoms with Gasteiger partial charge in [0.1, 0.15) is 0 Å². The van der Waals surface area contributed by atoms with Crippen molar-refractivity contribution in [2.75, 3.05) is 0 Å². The van der Waals surface area contributed by atoms with Gasteiger partial charge in [0.25, 0.3) is 0 Å². The number of rotatable bonds is 2. The molecule has 0 bridgehead atoms. The Hall–Kier alpha value is -1.47. The van der Waals surface area contributed by atoms with Gasteiger partial charge in [0.15, 0.2) is 17.6 Å². The molecule has 0 aromatic heterocycles. The lowest BCUT2D eigenvalue weighted by molar-refractivity contribution is -0.210. The van der Waals surface area contributed by atoms with Crippen molar-refractivity contribution in [1.82, 2.24) is 0 Å². The van der Waals surface area contributed by atoms with Crippen molar-refractivity contribution >= 4 is 0 Å². The van der Waals surface area contributed by atoms with E-state index in [9.17, 15) is 13.2 Å². The molecule has 0 unspecified atom stereocenters. The van der Waals surface area contributed by atoms with Crippen LogP contribution >= 0.6 is 0 Å². The number of nitrogens with two attached hydrogens (primary N) is 1. The summed E-state index contributed by atoms with van der Waals surface area (Å²) in [6.45, 7) is 0. The molecule has 7 heteroatoms. The van der Waals surface area contributed by atoms with Crippen LogP contribution in [-0.4, -0.2) is 27.6 Å². The summed E-state index contributed by atoms with van der Waals surface area (Å²) in [7, 11) is 0. The Labute approximate surface area is 88.7 Å². The SMILES string of the molecule is N[C@@H](c1ccc(O)c(O)c1)[C@H](O)C(F)(F)F. The zero-order valence-electron chi connectivity index (χ0n) is 7.94. The van der Waals surface area contributed by atoms with E-state index in [0.717, 1.165) is 18.2 Å². The van der Waals surface area contributed by atoms with E-state index in [4.69, 9.17) is 21.1 Å². The van der Waals surface area contributed by atoms with E-state index >= 15 is 0 Å². The first-order valence-electron chi connectivity index (χ1n) is 4.25. The first kappa shape index (κ1) is 12.6. The fourth-order valence-electron chi connectivity index (χ4n) is 1.13. The summed E-state index contributed by atoms with van der Waals surface area (Å²) in [5, 5.41) is 26.9. The van der Waals surface area contributed by atoms with Crippen molar-refractivity contribution in [3.05, 3.63) is 23.8 Å². The van der Waals surface area contributed by atoms with Crippen LogP contribution in [0.25, 0.3) is 0 Å². The molecular weight excluding hydrogens is 227 g/mol. The Kier molecular flexibility index (Phi) is 3.30. The van der Waals surface area contributed by atoms with Crippen molar-refractivity contribution < 1.29 is 28.5 Å². The fraction of sp³-hybridized carbons (Fsp3) is 0.333. The number of aromatic hydroxyl groups is 2. The summed E-state index contributed by atoms with van der Waals surface area (Å²) in [4.78, 5) is 0. The standard InChI is InChI=1S/C9H10F3NO3/c10-9(11,12)8(16)7(13)4-1-2-5(14)6(15)3-4/h1-3,7-8,14-16H,13H2/t7-,8-/m0/s1. The van der Waals surface area contributed by atoms with Crippen molar-refractivity contribution in [3.8, 4) is 11.5 Å². The van der Waals surface area contributed by atoms with Crippen LogP contribution in [0.3, 0.4) is 0 Å². The first-order chi connectivity index (χ1) is 7.23. The number of aliphatic hydroxyl groups excluding tert-OH is 1. The molecule has 0 amide bonds. The zero-order chi connectivity index (χ0) is 12.5. The van der Waals surface area contributed by atoms with Crippen LogP contribution in [0.4, 0.5) is 13.2 Å². The molecule has 0 aliphatic rings. The molecule has 0 spiro atoms. The number of alkyl halides is 3. The molecule has 1 rings (SSSR count). The molecule has 4 nitrogen and oxygen atoms in total. The molecule has 1 aromatic rings. The Morgan fingerprint density at radius 2 is 1.69 bits per heavy atom. The number of aliphatic hydroxyl groups is 1. The average Bonchev–Trinajstić information content (AvgIpc) is 2.18. The number of benzene rings is 1. The highest BCUT2D eigenvalue weighted by molar-refractivity contribution is 5.41. The molecule has 0 aliphatic heterocycles. The van der Waals surface area contributed by atoms with Gasteiger partial charge in [0, 0.05) is 0 Å². The maximum Gasteiger partial charge on any atom is 0.416 e. The van der Waals surface area contributed by atoms with Crippen LogP contribution in [0.5, 0.6) is 11.5 Å². The molecule has 1 aromatic carbocycles. The Morgan fingerprint density at radius 1 is 1.12 bits per heavy atom. The van der Waals surface area contributed by atoms with E-state index in [1.165, 1.54) is 0 Å². The van der Waals surface area contributed by atoms with Crippen LogP contribution in [0.1, 0.15) is 11.6 Å². The van der Waals surface area contributed by atoms with E-state index in [0.29, 0.717) is 0 Å². The van der Waals surface area contributed by atoms with E-state index in [1.54, 1.807) is 0 Å². The van der Waals surface area contributed by atoms with Crippen molar-refractivity contribution in [3.63, 3.8) is 0 Å². The minimum atomic E-state index is -4.84. The molecule has 90 valence electrons. The second-order valence-corrected chi connectivity index (χ2v) is 3.26. The van der Waals surface area contributed by atoms with E-state index in [2.05, 4.69) is 0 Å². The van der Waals surface area contributed by atoms with Crippen LogP contribution in [0.2, 0.25) is 0 Å². The molecule has 2 atom stereocenters. The minimum Gasteiger partial charge on any atom is -0.504 e. The van der Waals surface area contributed by atoms with Crippen LogP contribution in [-0.2, 0) is 0 Å². The Bertz CT molecular complexity index is 381. The number of hydrogen-bond acceptors (Lipinski definition) is 4. The second kappa shape index (κ2) is 4.18. The average molecular weight is 237 g/mol. The lowest BCUT2D eigenvalue weighted by atomic mass is 10.0. The summed E-state index contributed by atoms with van der Waals surface area (Å²) in [6.07, 6.45) is -7.57. The molecule has 5 N–H and O–H groups in total. The predicted octanol–water partition coefficient (Wildman–Crippen LogP) is 1.02. The third kappa shape index (κ3) is 2.56. The summed E-state index contributed by atoms with van der Waals surface area (Å²) in [5.74, 6) is -1.07. The van der Waals surface area contributed by atoms with Crippen LogP contribution in [0.15, 0.2) is 18.2 Å². The van der Waals surface area contributed by atoms with Gasteiger partial charge in [0.2, 0.25) is 0 Å². The quantitative estimate of drug-likeness (QED) is 0.578. The largest absolute Gasteiger partial charge is 0.504 e. The van der Waals surface area contributed by atoms with E-state index in [1.807, 2.05) is 0 Å². The van der Waals surface area contributed by atoms with Gasteiger partial charge < -0.3 is 21.1 Å². The molecule has 16 heavy (non-hydrogen) atoms. The van der Waals surface area contributed by atoms with Crippen molar-refractivity contribution in [2.45, 2.75) is 18.3 Å². The smallest absolute Gasteiger partial charge is 0.416 e. The van der Waals surface area contributed by atoms with Gasteiger partial charge in [-0.2, -0.15) is 13.2 Å². The van der Waals surface area contributed by atoms with E-state index < -0.39 is 29.8 Å². The highest BCUT2D eigenvalue weighted by Gasteiger charge is 2.42. The second-order valence-electron chi connectivity index (χ2n) is 3.26. The summed E-state index contributed by atoms with van der Waals surface area (Å²) >= 11 is 0. The van der Waals surface area contributed by atoms with Gasteiger partial charge in [-0.15, -0.1) is 0 Å². The molecule has 0 radical (unpaired) electrons. The summed E-state index contributed by atoms with van der Waals surface area (Å²) in [6, 6.07) is 1.24. The lowest BCUT2D eigenvalue weighted by Gasteiger charge is -2.21. The fourth-order valence-corrected chi connectivity index (χ4v) is 1.13. The normalized spacial score (nSPS) is 15.8. The van der Waals surface area contributed by atoms with Gasteiger partial charge in [0.05, 0.1) is 6.04 Å². The first-order valence-corrected chi connectivity index (χ1v) is 4.25. The van der Waals surface area contributed by atoms with Gasteiger partial charge in [-0.25, -0.2) is 0 Å². The maximum atomic E-state index is 12.1. The maximum absolute atomic E-state index is 12.1. The number of phenolic OH excluding ortho intramolecular Hbond substituents is 2. The van der Waals surface area contributed by atoms with Gasteiger partial charge in [-0.3, -0.25) is 0 Å². The highest BCUT2D eigenvalue weighted by atomic mass is 19.4. The molecule has 0 fully saturated rings. The topological polar surface area (TPSA) is 86.7 Å². The lowest BCUT2D eigenvalue weighted by Crippen LogP contribution is -2.38. The monoisotopic (exact) mass is 237 g/mol.